The predicted octanol–water partition coefficient (Wildman–Crippen LogP) is 4.46. The van der Waals surface area contributed by atoms with Crippen molar-refractivity contribution in [2.75, 3.05) is 6.54 Å². The molecule has 23 heavy (non-hydrogen) atoms. The molecule has 2 aromatic carbocycles. The van der Waals surface area contributed by atoms with E-state index in [2.05, 4.69) is 5.32 Å². The molecule has 0 spiro atoms. The first kappa shape index (κ1) is 17.3. The van der Waals surface area contributed by atoms with Gasteiger partial charge in [0.2, 0.25) is 0 Å². The van der Waals surface area contributed by atoms with Crippen LogP contribution in [-0.2, 0) is 5.41 Å². The normalized spacial score (nSPS) is 11.4. The first-order chi connectivity index (χ1) is 10.7. The van der Waals surface area contributed by atoms with Crippen molar-refractivity contribution in [2.24, 2.45) is 0 Å². The summed E-state index contributed by atoms with van der Waals surface area (Å²) in [5.41, 5.74) is -0.0567. The fraction of sp³-hybridized carbons (Fsp3) is 0.235. The number of carbonyl (C=O) groups is 1. The van der Waals surface area contributed by atoms with Gasteiger partial charge in [-0.3, -0.25) is 4.79 Å². The molecule has 2 aromatic rings. The maximum Gasteiger partial charge on any atom is 0.254 e. The second-order valence-corrected chi connectivity index (χ2v) is 6.23. The molecule has 0 aliphatic rings. The van der Waals surface area contributed by atoms with E-state index in [1.165, 1.54) is 0 Å². The van der Waals surface area contributed by atoms with Gasteiger partial charge in [-0.25, -0.2) is 13.2 Å². The molecule has 0 aliphatic carbocycles. The van der Waals surface area contributed by atoms with Crippen molar-refractivity contribution < 1.29 is 18.0 Å². The highest BCUT2D eigenvalue weighted by Gasteiger charge is 2.24. The van der Waals surface area contributed by atoms with Gasteiger partial charge in [-0.2, -0.15) is 0 Å². The molecular weight excluding hydrogens is 327 g/mol. The lowest BCUT2D eigenvalue weighted by Crippen LogP contribution is -2.37. The Bertz CT molecular complexity index is 729. The van der Waals surface area contributed by atoms with Gasteiger partial charge in [0.15, 0.2) is 17.5 Å². The van der Waals surface area contributed by atoms with Crippen LogP contribution in [0.3, 0.4) is 0 Å². The zero-order valence-corrected chi connectivity index (χ0v) is 13.3. The number of hydrogen-bond donors (Lipinski definition) is 1. The largest absolute Gasteiger partial charge is 0.351 e. The molecule has 0 atom stereocenters. The fourth-order valence-corrected chi connectivity index (χ4v) is 2.23. The molecular formula is C17H15ClF3NO. The second kappa shape index (κ2) is 6.62. The number of benzene rings is 2. The zero-order chi connectivity index (χ0) is 17.2. The van der Waals surface area contributed by atoms with E-state index < -0.39 is 34.3 Å². The van der Waals surface area contributed by atoms with Crippen LogP contribution in [-0.4, -0.2) is 12.5 Å². The summed E-state index contributed by atoms with van der Waals surface area (Å²) in [6, 6.07) is 8.75. The molecule has 0 aromatic heterocycles. The molecule has 2 nitrogen and oxygen atoms in total. The van der Waals surface area contributed by atoms with Crippen LogP contribution in [0.4, 0.5) is 13.2 Å². The van der Waals surface area contributed by atoms with Crippen LogP contribution in [0.15, 0.2) is 36.4 Å². The topological polar surface area (TPSA) is 29.1 Å². The van der Waals surface area contributed by atoms with Gasteiger partial charge in [-0.05, 0) is 29.8 Å². The van der Waals surface area contributed by atoms with Crippen molar-refractivity contribution in [3.05, 3.63) is 70.0 Å². The Morgan fingerprint density at radius 2 is 1.65 bits per heavy atom. The predicted molar refractivity (Wildman–Crippen MR) is 83.1 cm³/mol. The van der Waals surface area contributed by atoms with Crippen LogP contribution >= 0.6 is 11.6 Å². The summed E-state index contributed by atoms with van der Waals surface area (Å²) in [5, 5.41) is 3.13. The second-order valence-electron chi connectivity index (χ2n) is 5.80. The van der Waals surface area contributed by atoms with Gasteiger partial charge >= 0.3 is 0 Å². The van der Waals surface area contributed by atoms with E-state index in [0.29, 0.717) is 5.02 Å². The number of halogens is 4. The minimum absolute atomic E-state index is 0.186. The van der Waals surface area contributed by atoms with Crippen LogP contribution < -0.4 is 5.32 Å². The highest BCUT2D eigenvalue weighted by atomic mass is 35.5. The molecule has 0 bridgehead atoms. The van der Waals surface area contributed by atoms with E-state index in [0.717, 1.165) is 17.7 Å². The molecule has 6 heteroatoms. The summed E-state index contributed by atoms with van der Waals surface area (Å²) >= 11 is 5.84. The third-order valence-electron chi connectivity index (χ3n) is 3.60. The molecule has 0 fully saturated rings. The molecule has 0 saturated heterocycles. The van der Waals surface area contributed by atoms with E-state index in [9.17, 15) is 18.0 Å². The van der Waals surface area contributed by atoms with Crippen molar-refractivity contribution in [3.63, 3.8) is 0 Å². The van der Waals surface area contributed by atoms with Gasteiger partial charge < -0.3 is 5.32 Å². The van der Waals surface area contributed by atoms with Gasteiger partial charge in [0.1, 0.15) is 0 Å². The van der Waals surface area contributed by atoms with E-state index in [1.807, 2.05) is 26.0 Å². The standard InChI is InChI=1S/C17H15ClF3NO/c1-17(2,10-3-5-11(18)6-4-10)9-22-16(23)12-7-8-13(19)15(21)14(12)20/h3-8H,9H2,1-2H3,(H,22,23). The highest BCUT2D eigenvalue weighted by molar-refractivity contribution is 6.30. The number of carbonyl (C=O) groups excluding carboxylic acids is 1. The maximum absolute atomic E-state index is 13.6. The third-order valence-corrected chi connectivity index (χ3v) is 3.85. The molecule has 0 heterocycles. The van der Waals surface area contributed by atoms with E-state index >= 15 is 0 Å². The number of hydrogen-bond acceptors (Lipinski definition) is 1. The number of nitrogens with one attached hydrogen (secondary N) is 1. The Labute approximate surface area is 137 Å². The van der Waals surface area contributed by atoms with E-state index in [1.54, 1.807) is 12.1 Å². The average Bonchev–Trinajstić information content (AvgIpc) is 2.51. The Balaban J connectivity index is 2.12. The molecule has 2 rings (SSSR count). The van der Waals surface area contributed by atoms with Crippen LogP contribution in [0.5, 0.6) is 0 Å². The zero-order valence-electron chi connectivity index (χ0n) is 12.6. The van der Waals surface area contributed by atoms with Crippen LogP contribution in [0.2, 0.25) is 5.02 Å². The quantitative estimate of drug-likeness (QED) is 0.817. The van der Waals surface area contributed by atoms with Gasteiger partial charge in [0.05, 0.1) is 5.56 Å². The Hall–Kier alpha value is -2.01. The van der Waals surface area contributed by atoms with Gasteiger partial charge in [0, 0.05) is 17.0 Å². The summed E-state index contributed by atoms with van der Waals surface area (Å²) in [6.07, 6.45) is 0. The molecule has 0 aliphatic heterocycles. The van der Waals surface area contributed by atoms with Crippen LogP contribution in [0.25, 0.3) is 0 Å². The summed E-state index contributed by atoms with van der Waals surface area (Å²) in [4.78, 5) is 12.0. The van der Waals surface area contributed by atoms with Crippen molar-refractivity contribution >= 4 is 17.5 Å². The van der Waals surface area contributed by atoms with Gasteiger partial charge in [-0.1, -0.05) is 37.6 Å². The monoisotopic (exact) mass is 341 g/mol. The molecule has 0 saturated carbocycles. The lowest BCUT2D eigenvalue weighted by Gasteiger charge is -2.25. The molecule has 0 unspecified atom stereocenters. The smallest absolute Gasteiger partial charge is 0.254 e. The lowest BCUT2D eigenvalue weighted by molar-refractivity contribution is 0.0940. The summed E-state index contributed by atoms with van der Waals surface area (Å²) < 4.78 is 39.7. The Kier molecular flexibility index (Phi) is 5.00. The minimum Gasteiger partial charge on any atom is -0.351 e. The summed E-state index contributed by atoms with van der Waals surface area (Å²) in [5.74, 6) is -5.29. The van der Waals surface area contributed by atoms with Crippen molar-refractivity contribution in [2.45, 2.75) is 19.3 Å². The van der Waals surface area contributed by atoms with E-state index in [4.69, 9.17) is 11.6 Å². The molecule has 1 amide bonds. The Morgan fingerprint density at radius 1 is 1.04 bits per heavy atom. The fourth-order valence-electron chi connectivity index (χ4n) is 2.10. The number of rotatable bonds is 4. The van der Waals surface area contributed by atoms with Crippen molar-refractivity contribution in [1.29, 1.82) is 0 Å². The SMILES string of the molecule is CC(C)(CNC(=O)c1ccc(F)c(F)c1F)c1ccc(Cl)cc1. The minimum atomic E-state index is -1.66. The van der Waals surface area contributed by atoms with Crippen LogP contribution in [0, 0.1) is 17.5 Å². The van der Waals surface area contributed by atoms with Gasteiger partial charge in [0.25, 0.3) is 5.91 Å². The maximum atomic E-state index is 13.6. The molecule has 122 valence electrons. The summed E-state index contributed by atoms with van der Waals surface area (Å²) in [7, 11) is 0. The van der Waals surface area contributed by atoms with Gasteiger partial charge in [-0.15, -0.1) is 0 Å². The lowest BCUT2D eigenvalue weighted by atomic mass is 9.84. The molecule has 0 radical (unpaired) electrons. The summed E-state index contributed by atoms with van der Waals surface area (Å²) in [6.45, 7) is 3.96. The molecule has 1 N–H and O–H groups in total. The van der Waals surface area contributed by atoms with Crippen molar-refractivity contribution in [3.8, 4) is 0 Å². The average molecular weight is 342 g/mol. The van der Waals surface area contributed by atoms with E-state index in [-0.39, 0.29) is 6.54 Å². The van der Waals surface area contributed by atoms with Crippen LogP contribution in [0.1, 0.15) is 29.8 Å². The Morgan fingerprint density at radius 3 is 2.26 bits per heavy atom. The number of amides is 1. The first-order valence-corrected chi connectivity index (χ1v) is 7.28. The van der Waals surface area contributed by atoms with Crippen molar-refractivity contribution in [1.82, 2.24) is 5.32 Å². The third kappa shape index (κ3) is 3.85. The highest BCUT2D eigenvalue weighted by Crippen LogP contribution is 2.24. The first-order valence-electron chi connectivity index (χ1n) is 6.90.